The van der Waals surface area contributed by atoms with Crippen LogP contribution in [-0.4, -0.2) is 61.7 Å². The molecule has 1 aliphatic heterocycles. The van der Waals surface area contributed by atoms with Crippen molar-refractivity contribution >= 4 is 23.3 Å². The van der Waals surface area contributed by atoms with Gasteiger partial charge in [0.2, 0.25) is 0 Å². The van der Waals surface area contributed by atoms with Gasteiger partial charge in [-0.05, 0) is 37.1 Å². The first-order chi connectivity index (χ1) is 15.7. The summed E-state index contributed by atoms with van der Waals surface area (Å²) in [4.78, 5) is 25.9. The summed E-state index contributed by atoms with van der Waals surface area (Å²) < 4.78 is 52.0. The average molecular weight is 485 g/mol. The number of aryl methyl sites for hydroxylation is 1. The van der Waals surface area contributed by atoms with Crippen LogP contribution in [0, 0.1) is 18.6 Å². The number of ketones is 1. The van der Waals surface area contributed by atoms with Gasteiger partial charge in [-0.25, -0.2) is 13.2 Å². The number of amides is 1. The SMILES string of the molecule is Cc1ccc(OCC(=O)CN2CCC(NC(=O)COc3ccc(Cl)c(F)c3)C(F)C2)cc1F. The summed E-state index contributed by atoms with van der Waals surface area (Å²) in [7, 11) is 0. The molecule has 2 aromatic carbocycles. The molecule has 1 heterocycles. The molecular formula is C23H24ClF3N2O4. The Labute approximate surface area is 194 Å². The molecule has 1 saturated heterocycles. The van der Waals surface area contributed by atoms with Crippen molar-refractivity contribution in [1.29, 1.82) is 0 Å². The second-order valence-electron chi connectivity index (χ2n) is 7.82. The van der Waals surface area contributed by atoms with Crippen molar-refractivity contribution in [3.8, 4) is 11.5 Å². The standard InChI is InChI=1S/C23H24ClF3N2O4/c1-14-2-3-16(8-19(14)25)32-12-15(30)10-29-7-6-22(21(27)11-29)28-23(31)13-33-17-4-5-18(24)20(26)9-17/h2-5,8-9,21-22H,6-7,10-13H2,1H3,(H,28,31). The number of hydrogen-bond acceptors (Lipinski definition) is 5. The van der Waals surface area contributed by atoms with Gasteiger partial charge in [-0.15, -0.1) is 0 Å². The number of carbonyl (C=O) groups excluding carboxylic acids is 2. The zero-order valence-corrected chi connectivity index (χ0v) is 18.7. The van der Waals surface area contributed by atoms with Crippen LogP contribution in [0.3, 0.4) is 0 Å². The number of Topliss-reactive ketones (excluding diaryl/α,β-unsaturated/α-hetero) is 1. The maximum atomic E-state index is 14.6. The van der Waals surface area contributed by atoms with Crippen LogP contribution in [0.2, 0.25) is 5.02 Å². The van der Waals surface area contributed by atoms with E-state index in [1.165, 1.54) is 18.2 Å². The van der Waals surface area contributed by atoms with Crippen molar-refractivity contribution < 1.29 is 32.2 Å². The van der Waals surface area contributed by atoms with Gasteiger partial charge >= 0.3 is 0 Å². The largest absolute Gasteiger partial charge is 0.486 e. The molecule has 10 heteroatoms. The van der Waals surface area contributed by atoms with Crippen molar-refractivity contribution in [3.63, 3.8) is 0 Å². The van der Waals surface area contributed by atoms with Crippen LogP contribution in [-0.2, 0) is 9.59 Å². The van der Waals surface area contributed by atoms with Gasteiger partial charge in [0, 0.05) is 25.2 Å². The highest BCUT2D eigenvalue weighted by molar-refractivity contribution is 6.30. The maximum Gasteiger partial charge on any atom is 0.258 e. The number of likely N-dealkylation sites (tertiary alicyclic amines) is 1. The van der Waals surface area contributed by atoms with Crippen LogP contribution in [0.25, 0.3) is 0 Å². The van der Waals surface area contributed by atoms with Crippen molar-refractivity contribution in [2.75, 3.05) is 32.8 Å². The molecule has 1 amide bonds. The predicted molar refractivity (Wildman–Crippen MR) is 116 cm³/mol. The number of nitrogens with one attached hydrogen (secondary N) is 1. The molecule has 0 saturated carbocycles. The van der Waals surface area contributed by atoms with Gasteiger partial charge in [-0.2, -0.15) is 0 Å². The molecule has 33 heavy (non-hydrogen) atoms. The molecule has 1 fully saturated rings. The first-order valence-electron chi connectivity index (χ1n) is 10.4. The normalized spacial score (nSPS) is 18.6. The minimum Gasteiger partial charge on any atom is -0.486 e. The first-order valence-corrected chi connectivity index (χ1v) is 10.7. The van der Waals surface area contributed by atoms with E-state index in [1.807, 2.05) is 0 Å². The summed E-state index contributed by atoms with van der Waals surface area (Å²) in [6.45, 7) is 1.33. The molecule has 2 atom stereocenters. The van der Waals surface area contributed by atoms with Gasteiger partial charge in [-0.1, -0.05) is 17.7 Å². The Morgan fingerprint density at radius 3 is 2.42 bits per heavy atom. The Morgan fingerprint density at radius 2 is 1.76 bits per heavy atom. The van der Waals surface area contributed by atoms with Crippen LogP contribution in [0.15, 0.2) is 36.4 Å². The van der Waals surface area contributed by atoms with E-state index in [2.05, 4.69) is 5.32 Å². The third-order valence-corrected chi connectivity index (χ3v) is 5.48. The summed E-state index contributed by atoms with van der Waals surface area (Å²) in [5, 5.41) is 2.50. The molecule has 3 rings (SSSR count). The van der Waals surface area contributed by atoms with E-state index in [4.69, 9.17) is 21.1 Å². The van der Waals surface area contributed by atoms with Gasteiger partial charge in [0.1, 0.15) is 35.9 Å². The number of ether oxygens (including phenoxy) is 2. The minimum absolute atomic E-state index is 0.0132. The molecule has 0 aliphatic carbocycles. The van der Waals surface area contributed by atoms with Crippen molar-refractivity contribution in [2.24, 2.45) is 0 Å². The number of halogens is 4. The molecule has 2 unspecified atom stereocenters. The summed E-state index contributed by atoms with van der Waals surface area (Å²) in [6.07, 6.45) is -1.07. The molecule has 6 nitrogen and oxygen atoms in total. The van der Waals surface area contributed by atoms with Gasteiger partial charge < -0.3 is 14.8 Å². The van der Waals surface area contributed by atoms with E-state index in [0.29, 0.717) is 18.5 Å². The van der Waals surface area contributed by atoms with Crippen molar-refractivity contribution in [1.82, 2.24) is 10.2 Å². The summed E-state index contributed by atoms with van der Waals surface area (Å²) in [5.74, 6) is -1.52. The van der Waals surface area contributed by atoms with Gasteiger partial charge in [-0.3, -0.25) is 14.5 Å². The third kappa shape index (κ3) is 7.36. The van der Waals surface area contributed by atoms with Gasteiger partial charge in [0.25, 0.3) is 5.91 Å². The minimum atomic E-state index is -1.38. The number of carbonyl (C=O) groups is 2. The number of benzene rings is 2. The van der Waals surface area contributed by atoms with E-state index in [-0.39, 0.29) is 42.0 Å². The van der Waals surface area contributed by atoms with Crippen LogP contribution < -0.4 is 14.8 Å². The smallest absolute Gasteiger partial charge is 0.258 e. The van der Waals surface area contributed by atoms with Crippen LogP contribution in [0.5, 0.6) is 11.5 Å². The molecular weight excluding hydrogens is 461 g/mol. The Bertz CT molecular complexity index is 1010. The van der Waals surface area contributed by atoms with Crippen LogP contribution in [0.1, 0.15) is 12.0 Å². The zero-order chi connectivity index (χ0) is 24.0. The number of nitrogens with zero attached hydrogens (tertiary/aromatic N) is 1. The molecule has 1 N–H and O–H groups in total. The Kier molecular flexibility index (Phi) is 8.57. The maximum absolute atomic E-state index is 14.6. The predicted octanol–water partition coefficient (Wildman–Crippen LogP) is 3.48. The molecule has 1 aliphatic rings. The van der Waals surface area contributed by atoms with Crippen molar-refractivity contribution in [3.05, 3.63) is 58.6 Å². The fourth-order valence-electron chi connectivity index (χ4n) is 3.36. The topological polar surface area (TPSA) is 67.9 Å². The van der Waals surface area contributed by atoms with Crippen molar-refractivity contribution in [2.45, 2.75) is 25.6 Å². The van der Waals surface area contributed by atoms with E-state index in [9.17, 15) is 22.8 Å². The first kappa shape index (κ1) is 24.9. The molecule has 178 valence electrons. The zero-order valence-electron chi connectivity index (χ0n) is 18.0. The molecule has 0 spiro atoms. The molecule has 2 aromatic rings. The summed E-state index contributed by atoms with van der Waals surface area (Å²) >= 11 is 5.59. The second kappa shape index (κ2) is 11.4. The molecule has 0 radical (unpaired) electrons. The van der Waals surface area contributed by atoms with E-state index in [1.54, 1.807) is 24.0 Å². The molecule has 0 aromatic heterocycles. The number of hydrogen-bond donors (Lipinski definition) is 1. The highest BCUT2D eigenvalue weighted by Crippen LogP contribution is 2.20. The number of piperidine rings is 1. The third-order valence-electron chi connectivity index (χ3n) is 5.18. The highest BCUT2D eigenvalue weighted by Gasteiger charge is 2.31. The lowest BCUT2D eigenvalue weighted by molar-refractivity contribution is -0.126. The Hall–Kier alpha value is -2.78. The van der Waals surface area contributed by atoms with E-state index < -0.39 is 36.4 Å². The van der Waals surface area contributed by atoms with Gasteiger partial charge in [0.05, 0.1) is 17.6 Å². The van der Waals surface area contributed by atoms with Gasteiger partial charge in [0.15, 0.2) is 12.4 Å². The lowest BCUT2D eigenvalue weighted by Gasteiger charge is -2.34. The highest BCUT2D eigenvalue weighted by atomic mass is 35.5. The Morgan fingerprint density at radius 1 is 1.09 bits per heavy atom. The van der Waals surface area contributed by atoms with E-state index >= 15 is 0 Å². The average Bonchev–Trinajstić information content (AvgIpc) is 2.77. The number of rotatable bonds is 9. The van der Waals surface area contributed by atoms with Crippen LogP contribution >= 0.6 is 11.6 Å². The quantitative estimate of drug-likeness (QED) is 0.590. The fourth-order valence-corrected chi connectivity index (χ4v) is 3.48. The lowest BCUT2D eigenvalue weighted by Crippen LogP contribution is -2.54. The molecule has 0 bridgehead atoms. The summed E-state index contributed by atoms with van der Waals surface area (Å²) in [5.41, 5.74) is 0.475. The monoisotopic (exact) mass is 484 g/mol. The Balaban J connectivity index is 1.38. The van der Waals surface area contributed by atoms with E-state index in [0.717, 1.165) is 6.07 Å². The second-order valence-corrected chi connectivity index (χ2v) is 8.22. The fraction of sp³-hybridized carbons (Fsp3) is 0.391. The lowest BCUT2D eigenvalue weighted by atomic mass is 10.0. The summed E-state index contributed by atoms with van der Waals surface area (Å²) in [6, 6.07) is 7.41. The van der Waals surface area contributed by atoms with Crippen LogP contribution in [0.4, 0.5) is 13.2 Å². The number of alkyl halides is 1.